The number of ether oxygens (including phenoxy) is 1. The molecule has 0 atom stereocenters. The smallest absolute Gasteiger partial charge is 0.408 e. The van der Waals surface area contributed by atoms with Gasteiger partial charge in [-0.05, 0) is 47.1 Å². The van der Waals surface area contributed by atoms with Crippen LogP contribution in [0, 0.1) is 6.92 Å². The van der Waals surface area contributed by atoms with Crippen molar-refractivity contribution >= 4 is 36.0 Å². The maximum atomic E-state index is 11.9. The van der Waals surface area contributed by atoms with Gasteiger partial charge in [0, 0.05) is 20.1 Å². The molecule has 1 aromatic carbocycles. The lowest BCUT2D eigenvalue weighted by atomic mass is 10.1. The average molecular weight is 476 g/mol. The number of aryl methyl sites for hydroxylation is 1. The number of hydrogen-bond acceptors (Lipinski definition) is 3. The van der Waals surface area contributed by atoms with Gasteiger partial charge in [0.2, 0.25) is 0 Å². The van der Waals surface area contributed by atoms with Crippen molar-refractivity contribution in [3.63, 3.8) is 0 Å². The molecular formula is C19H33IN4O2. The van der Waals surface area contributed by atoms with Crippen LogP contribution in [0.5, 0.6) is 0 Å². The van der Waals surface area contributed by atoms with E-state index in [0.717, 1.165) is 0 Å². The average Bonchev–Trinajstić information content (AvgIpc) is 2.44. The number of alkyl carbamates (subject to hydrolysis) is 1. The van der Waals surface area contributed by atoms with Crippen molar-refractivity contribution in [1.29, 1.82) is 0 Å². The normalized spacial score (nSPS) is 12.0. The summed E-state index contributed by atoms with van der Waals surface area (Å²) in [5, 5.41) is 9.37. The number of hydrogen-bond donors (Lipinski definition) is 3. The quantitative estimate of drug-likeness (QED) is 0.345. The molecule has 0 saturated carbocycles. The SMILES string of the molecule is CN=C(NCc1cccc(C)c1)NCC(C)(C)NC(=O)OC(C)(C)C.I. The second-order valence-corrected chi connectivity index (χ2v) is 7.78. The molecule has 0 aliphatic heterocycles. The number of halogens is 1. The Morgan fingerprint density at radius 1 is 1.15 bits per heavy atom. The van der Waals surface area contributed by atoms with Crippen LogP contribution in [-0.4, -0.2) is 36.8 Å². The first-order valence-corrected chi connectivity index (χ1v) is 8.52. The van der Waals surface area contributed by atoms with Crippen LogP contribution in [0.15, 0.2) is 29.3 Å². The summed E-state index contributed by atoms with van der Waals surface area (Å²) >= 11 is 0. The van der Waals surface area contributed by atoms with Crippen LogP contribution in [0.3, 0.4) is 0 Å². The van der Waals surface area contributed by atoms with Crippen LogP contribution in [0.1, 0.15) is 45.7 Å². The molecule has 0 aliphatic carbocycles. The van der Waals surface area contributed by atoms with E-state index >= 15 is 0 Å². The molecule has 0 fully saturated rings. The molecule has 1 rings (SSSR count). The number of nitrogens with one attached hydrogen (secondary N) is 3. The molecule has 1 amide bonds. The lowest BCUT2D eigenvalue weighted by Crippen LogP contribution is -2.54. The molecule has 0 bridgehead atoms. The van der Waals surface area contributed by atoms with Crippen molar-refractivity contribution in [2.45, 2.75) is 59.2 Å². The van der Waals surface area contributed by atoms with Crippen LogP contribution >= 0.6 is 24.0 Å². The van der Waals surface area contributed by atoms with E-state index < -0.39 is 17.2 Å². The number of guanidine groups is 1. The Hall–Kier alpha value is -1.51. The zero-order valence-corrected chi connectivity index (χ0v) is 19.2. The van der Waals surface area contributed by atoms with E-state index in [9.17, 15) is 4.79 Å². The predicted octanol–water partition coefficient (Wildman–Crippen LogP) is 3.58. The summed E-state index contributed by atoms with van der Waals surface area (Å²) < 4.78 is 5.30. The highest BCUT2D eigenvalue weighted by Crippen LogP contribution is 2.09. The van der Waals surface area contributed by atoms with Gasteiger partial charge in [0.05, 0.1) is 5.54 Å². The van der Waals surface area contributed by atoms with Gasteiger partial charge in [-0.25, -0.2) is 4.79 Å². The third-order valence-electron chi connectivity index (χ3n) is 3.30. The second-order valence-electron chi connectivity index (χ2n) is 7.78. The van der Waals surface area contributed by atoms with Gasteiger partial charge >= 0.3 is 6.09 Å². The first kappa shape index (κ1) is 24.5. The van der Waals surface area contributed by atoms with E-state index in [-0.39, 0.29) is 24.0 Å². The number of aliphatic imine (C=N–C) groups is 1. The Kier molecular flexibility index (Phi) is 9.98. The van der Waals surface area contributed by atoms with Crippen molar-refractivity contribution < 1.29 is 9.53 Å². The molecule has 0 heterocycles. The highest BCUT2D eigenvalue weighted by Gasteiger charge is 2.24. The number of carbonyl (C=O) groups is 1. The van der Waals surface area contributed by atoms with Gasteiger partial charge in [-0.1, -0.05) is 29.8 Å². The van der Waals surface area contributed by atoms with Gasteiger partial charge in [-0.15, -0.1) is 24.0 Å². The van der Waals surface area contributed by atoms with Gasteiger partial charge in [0.25, 0.3) is 0 Å². The molecule has 0 radical (unpaired) electrons. The fraction of sp³-hybridized carbons (Fsp3) is 0.579. The Morgan fingerprint density at radius 2 is 1.81 bits per heavy atom. The largest absolute Gasteiger partial charge is 0.444 e. The van der Waals surface area contributed by atoms with Gasteiger partial charge in [-0.2, -0.15) is 0 Å². The number of carbonyl (C=O) groups excluding carboxylic acids is 1. The minimum Gasteiger partial charge on any atom is -0.444 e. The summed E-state index contributed by atoms with van der Waals surface area (Å²) in [7, 11) is 1.72. The molecule has 1 aromatic rings. The van der Waals surface area contributed by atoms with Crippen LogP contribution in [0.4, 0.5) is 4.79 Å². The Bertz CT molecular complexity index is 610. The van der Waals surface area contributed by atoms with E-state index in [2.05, 4.69) is 46.1 Å². The second kappa shape index (κ2) is 10.6. The first-order valence-electron chi connectivity index (χ1n) is 8.52. The zero-order valence-electron chi connectivity index (χ0n) is 16.9. The fourth-order valence-corrected chi connectivity index (χ4v) is 2.16. The summed E-state index contributed by atoms with van der Waals surface area (Å²) in [5.74, 6) is 0.681. The van der Waals surface area contributed by atoms with Crippen LogP contribution in [-0.2, 0) is 11.3 Å². The lowest BCUT2D eigenvalue weighted by molar-refractivity contribution is 0.0474. The number of benzene rings is 1. The van der Waals surface area contributed by atoms with E-state index in [1.165, 1.54) is 11.1 Å². The number of nitrogens with zero attached hydrogens (tertiary/aromatic N) is 1. The Labute approximate surface area is 174 Å². The molecule has 0 aliphatic rings. The number of amides is 1. The first-order chi connectivity index (χ1) is 11.5. The maximum Gasteiger partial charge on any atom is 0.408 e. The molecule has 0 aromatic heterocycles. The third-order valence-corrected chi connectivity index (χ3v) is 3.30. The standard InChI is InChI=1S/C19H32N4O2.HI/c1-14-9-8-10-15(11-14)12-21-16(20-7)22-13-19(5,6)23-17(24)25-18(2,3)4;/h8-11H,12-13H2,1-7H3,(H,23,24)(H2,20,21,22);1H. The summed E-state index contributed by atoms with van der Waals surface area (Å²) in [6.07, 6.45) is -0.429. The predicted molar refractivity (Wildman–Crippen MR) is 118 cm³/mol. The molecule has 26 heavy (non-hydrogen) atoms. The van der Waals surface area contributed by atoms with Crippen molar-refractivity contribution in [3.05, 3.63) is 35.4 Å². The van der Waals surface area contributed by atoms with Crippen LogP contribution in [0.2, 0.25) is 0 Å². The molecule has 0 saturated heterocycles. The molecule has 148 valence electrons. The summed E-state index contributed by atoms with van der Waals surface area (Å²) in [5.41, 5.74) is 1.42. The highest BCUT2D eigenvalue weighted by molar-refractivity contribution is 14.0. The Morgan fingerprint density at radius 3 is 2.35 bits per heavy atom. The molecule has 7 heteroatoms. The molecule has 0 unspecified atom stereocenters. The van der Waals surface area contributed by atoms with Gasteiger partial charge in [0.1, 0.15) is 5.60 Å². The van der Waals surface area contributed by atoms with Gasteiger partial charge in [-0.3, -0.25) is 4.99 Å². The Balaban J connectivity index is 0.00000625. The van der Waals surface area contributed by atoms with E-state index in [1.807, 2.05) is 40.7 Å². The van der Waals surface area contributed by atoms with E-state index in [4.69, 9.17) is 4.74 Å². The maximum absolute atomic E-state index is 11.9. The topological polar surface area (TPSA) is 74.8 Å². The highest BCUT2D eigenvalue weighted by atomic mass is 127. The van der Waals surface area contributed by atoms with Gasteiger partial charge < -0.3 is 20.7 Å². The zero-order chi connectivity index (χ0) is 19.1. The number of rotatable bonds is 5. The minimum absolute atomic E-state index is 0. The van der Waals surface area contributed by atoms with Crippen LogP contribution < -0.4 is 16.0 Å². The molecule has 0 spiro atoms. The molecule has 6 nitrogen and oxygen atoms in total. The minimum atomic E-state index is -0.515. The summed E-state index contributed by atoms with van der Waals surface area (Å²) in [4.78, 5) is 16.1. The summed E-state index contributed by atoms with van der Waals surface area (Å²) in [6, 6.07) is 8.31. The van der Waals surface area contributed by atoms with Crippen molar-refractivity contribution in [1.82, 2.24) is 16.0 Å². The molecular weight excluding hydrogens is 443 g/mol. The van der Waals surface area contributed by atoms with Crippen molar-refractivity contribution in [3.8, 4) is 0 Å². The van der Waals surface area contributed by atoms with Crippen LogP contribution in [0.25, 0.3) is 0 Å². The van der Waals surface area contributed by atoms with E-state index in [1.54, 1.807) is 7.05 Å². The monoisotopic (exact) mass is 476 g/mol. The van der Waals surface area contributed by atoms with Crippen molar-refractivity contribution in [2.75, 3.05) is 13.6 Å². The molecule has 3 N–H and O–H groups in total. The van der Waals surface area contributed by atoms with E-state index in [0.29, 0.717) is 19.0 Å². The van der Waals surface area contributed by atoms with Gasteiger partial charge in [0.15, 0.2) is 5.96 Å². The fourth-order valence-electron chi connectivity index (χ4n) is 2.16. The van der Waals surface area contributed by atoms with Crippen molar-refractivity contribution in [2.24, 2.45) is 4.99 Å². The summed E-state index contributed by atoms with van der Waals surface area (Å²) in [6.45, 7) is 12.6. The lowest BCUT2D eigenvalue weighted by Gasteiger charge is -2.29. The third kappa shape index (κ3) is 10.5.